The van der Waals surface area contributed by atoms with Crippen LogP contribution in [0.25, 0.3) is 0 Å². The van der Waals surface area contributed by atoms with E-state index in [0.717, 1.165) is 0 Å². The summed E-state index contributed by atoms with van der Waals surface area (Å²) >= 11 is 0. The molecule has 1 fully saturated rings. The second kappa shape index (κ2) is 1.74. The summed E-state index contributed by atoms with van der Waals surface area (Å²) in [7, 11) is 0. The molecule has 2 atom stereocenters. The van der Waals surface area contributed by atoms with Gasteiger partial charge >= 0.3 is 5.97 Å². The van der Waals surface area contributed by atoms with Gasteiger partial charge in [-0.25, -0.2) is 0 Å². The fraction of sp³-hybridized carbons (Fsp3) is 0.800. The first-order chi connectivity index (χ1) is 3.72. The summed E-state index contributed by atoms with van der Waals surface area (Å²) in [5.41, 5.74) is 0. The molecule has 0 saturated carbocycles. The van der Waals surface area contributed by atoms with Crippen LogP contribution in [0.5, 0.6) is 0 Å². The van der Waals surface area contributed by atoms with Crippen molar-refractivity contribution in [1.82, 2.24) is 5.32 Å². The zero-order chi connectivity index (χ0) is 6.15. The molecule has 3 heteroatoms. The quantitative estimate of drug-likeness (QED) is 0.492. The summed E-state index contributed by atoms with van der Waals surface area (Å²) in [6.45, 7) is 2.51. The van der Waals surface area contributed by atoms with Gasteiger partial charge in [-0.3, -0.25) is 4.79 Å². The molecular weight excluding hydrogens is 106 g/mol. The Labute approximate surface area is 47.7 Å². The van der Waals surface area contributed by atoms with Gasteiger partial charge in [0.15, 0.2) is 0 Å². The Bertz CT molecular complexity index is 113. The summed E-state index contributed by atoms with van der Waals surface area (Å²) < 4.78 is 0. The highest BCUT2D eigenvalue weighted by atomic mass is 16.4. The Morgan fingerprint density at radius 1 is 1.88 bits per heavy atom. The van der Waals surface area contributed by atoms with Crippen LogP contribution in [-0.4, -0.2) is 23.7 Å². The van der Waals surface area contributed by atoms with Crippen molar-refractivity contribution in [1.29, 1.82) is 0 Å². The second-order valence-corrected chi connectivity index (χ2v) is 2.14. The molecule has 1 saturated heterocycles. The van der Waals surface area contributed by atoms with Crippen molar-refractivity contribution < 1.29 is 9.90 Å². The van der Waals surface area contributed by atoms with Crippen molar-refractivity contribution in [2.24, 2.45) is 5.92 Å². The van der Waals surface area contributed by atoms with Crippen LogP contribution in [0.4, 0.5) is 0 Å². The molecule has 46 valence electrons. The predicted molar refractivity (Wildman–Crippen MR) is 28.6 cm³/mol. The number of hydrogen-bond donors (Lipinski definition) is 2. The van der Waals surface area contributed by atoms with Gasteiger partial charge in [0.05, 0.1) is 5.92 Å². The monoisotopic (exact) mass is 115 g/mol. The lowest BCUT2D eigenvalue weighted by Crippen LogP contribution is -2.54. The van der Waals surface area contributed by atoms with Crippen molar-refractivity contribution in [2.45, 2.75) is 13.0 Å². The third kappa shape index (κ3) is 0.690. The Morgan fingerprint density at radius 2 is 2.50 bits per heavy atom. The van der Waals surface area contributed by atoms with Gasteiger partial charge in [0.2, 0.25) is 0 Å². The molecule has 1 aliphatic heterocycles. The van der Waals surface area contributed by atoms with E-state index in [-0.39, 0.29) is 12.0 Å². The standard InChI is InChI=1S/C5H9NO2/c1-3-4(2-6-3)5(7)8/h3-4,6H,2H2,1H3,(H,7,8). The van der Waals surface area contributed by atoms with Gasteiger partial charge in [0, 0.05) is 12.6 Å². The first kappa shape index (κ1) is 5.56. The molecule has 0 bridgehead atoms. The molecule has 0 aromatic heterocycles. The number of carbonyl (C=O) groups is 1. The minimum absolute atomic E-state index is 0.144. The van der Waals surface area contributed by atoms with E-state index in [9.17, 15) is 4.79 Å². The lowest BCUT2D eigenvalue weighted by molar-refractivity contribution is -0.145. The molecule has 0 radical (unpaired) electrons. The highest BCUT2D eigenvalue weighted by Gasteiger charge is 2.31. The largest absolute Gasteiger partial charge is 0.481 e. The van der Waals surface area contributed by atoms with Crippen molar-refractivity contribution in [3.8, 4) is 0 Å². The molecule has 0 aromatic carbocycles. The third-order valence-corrected chi connectivity index (χ3v) is 1.58. The van der Waals surface area contributed by atoms with E-state index < -0.39 is 5.97 Å². The highest BCUT2D eigenvalue weighted by Crippen LogP contribution is 2.11. The maximum Gasteiger partial charge on any atom is 0.309 e. The number of rotatable bonds is 1. The fourth-order valence-corrected chi connectivity index (χ4v) is 0.773. The number of carboxylic acids is 1. The summed E-state index contributed by atoms with van der Waals surface area (Å²) in [6.07, 6.45) is 0. The molecule has 3 nitrogen and oxygen atoms in total. The molecule has 0 amide bonds. The first-order valence-corrected chi connectivity index (χ1v) is 2.68. The van der Waals surface area contributed by atoms with E-state index in [2.05, 4.69) is 5.32 Å². The molecular formula is C5H9NO2. The minimum atomic E-state index is -0.684. The van der Waals surface area contributed by atoms with Gasteiger partial charge in [-0.15, -0.1) is 0 Å². The van der Waals surface area contributed by atoms with Crippen LogP contribution in [0, 0.1) is 5.92 Å². The van der Waals surface area contributed by atoms with Crippen molar-refractivity contribution in [3.05, 3.63) is 0 Å². The van der Waals surface area contributed by atoms with Gasteiger partial charge in [0.1, 0.15) is 0 Å². The number of hydrogen-bond acceptors (Lipinski definition) is 2. The smallest absolute Gasteiger partial charge is 0.309 e. The minimum Gasteiger partial charge on any atom is -0.481 e. The maximum absolute atomic E-state index is 10.2. The molecule has 0 spiro atoms. The molecule has 1 heterocycles. The first-order valence-electron chi connectivity index (χ1n) is 2.68. The van der Waals surface area contributed by atoms with Gasteiger partial charge in [-0.2, -0.15) is 0 Å². The van der Waals surface area contributed by atoms with Gasteiger partial charge in [-0.05, 0) is 6.92 Å². The Hall–Kier alpha value is -0.570. The SMILES string of the molecule is CC1NCC1C(=O)O. The summed E-state index contributed by atoms with van der Waals surface area (Å²) in [5.74, 6) is -0.828. The average molecular weight is 115 g/mol. The number of nitrogens with one attached hydrogen (secondary N) is 1. The van der Waals surface area contributed by atoms with Gasteiger partial charge in [0.25, 0.3) is 0 Å². The third-order valence-electron chi connectivity index (χ3n) is 1.58. The average Bonchev–Trinajstić information content (AvgIpc) is 1.61. The molecule has 0 aromatic rings. The van der Waals surface area contributed by atoms with Gasteiger partial charge < -0.3 is 10.4 Å². The van der Waals surface area contributed by atoms with E-state index in [1.165, 1.54) is 0 Å². The summed E-state index contributed by atoms with van der Waals surface area (Å²) in [4.78, 5) is 10.2. The van der Waals surface area contributed by atoms with Crippen molar-refractivity contribution >= 4 is 5.97 Å². The van der Waals surface area contributed by atoms with Crippen LogP contribution >= 0.6 is 0 Å². The lowest BCUT2D eigenvalue weighted by Gasteiger charge is -2.31. The molecule has 2 unspecified atom stereocenters. The van der Waals surface area contributed by atoms with E-state index in [4.69, 9.17) is 5.11 Å². The zero-order valence-corrected chi connectivity index (χ0v) is 4.72. The van der Waals surface area contributed by atoms with Crippen molar-refractivity contribution in [3.63, 3.8) is 0 Å². The van der Waals surface area contributed by atoms with Crippen LogP contribution < -0.4 is 5.32 Å². The second-order valence-electron chi connectivity index (χ2n) is 2.14. The van der Waals surface area contributed by atoms with E-state index >= 15 is 0 Å². The molecule has 1 rings (SSSR count). The summed E-state index contributed by atoms with van der Waals surface area (Å²) in [6, 6.07) is 0.174. The lowest BCUT2D eigenvalue weighted by atomic mass is 9.94. The Balaban J connectivity index is 2.37. The topological polar surface area (TPSA) is 49.3 Å². The van der Waals surface area contributed by atoms with Crippen LogP contribution in [0.1, 0.15) is 6.92 Å². The van der Waals surface area contributed by atoms with E-state index in [0.29, 0.717) is 6.54 Å². The highest BCUT2D eigenvalue weighted by molar-refractivity contribution is 5.72. The Morgan fingerprint density at radius 3 is 2.50 bits per heavy atom. The summed E-state index contributed by atoms with van der Waals surface area (Å²) in [5, 5.41) is 11.3. The molecule has 2 N–H and O–H groups in total. The number of aliphatic carboxylic acids is 1. The van der Waals surface area contributed by atoms with E-state index in [1.807, 2.05) is 6.92 Å². The Kier molecular flexibility index (Phi) is 1.21. The van der Waals surface area contributed by atoms with E-state index in [1.54, 1.807) is 0 Å². The van der Waals surface area contributed by atoms with Crippen LogP contribution in [0.15, 0.2) is 0 Å². The van der Waals surface area contributed by atoms with Crippen LogP contribution in [0.3, 0.4) is 0 Å². The molecule has 0 aliphatic carbocycles. The molecule has 1 aliphatic rings. The van der Waals surface area contributed by atoms with Crippen LogP contribution in [0.2, 0.25) is 0 Å². The fourth-order valence-electron chi connectivity index (χ4n) is 0.773. The zero-order valence-electron chi connectivity index (χ0n) is 4.72. The number of carboxylic acid groups (broad SMARTS) is 1. The normalized spacial score (nSPS) is 36.1. The molecule has 8 heavy (non-hydrogen) atoms. The van der Waals surface area contributed by atoms with Crippen LogP contribution in [-0.2, 0) is 4.79 Å². The van der Waals surface area contributed by atoms with Gasteiger partial charge in [-0.1, -0.05) is 0 Å². The van der Waals surface area contributed by atoms with Crippen molar-refractivity contribution in [2.75, 3.05) is 6.54 Å². The predicted octanol–water partition coefficient (Wildman–Crippen LogP) is -0.321. The maximum atomic E-state index is 10.2.